The average Bonchev–Trinajstić information content (AvgIpc) is 3.37. The third-order valence-electron chi connectivity index (χ3n) is 5.43. The van der Waals surface area contributed by atoms with Crippen LogP contribution >= 0.6 is 0 Å². The van der Waals surface area contributed by atoms with Gasteiger partial charge in [-0.05, 0) is 32.0 Å². The van der Waals surface area contributed by atoms with Crippen molar-refractivity contribution in [2.24, 2.45) is 0 Å². The summed E-state index contributed by atoms with van der Waals surface area (Å²) in [4.78, 5) is 18.5. The van der Waals surface area contributed by atoms with Crippen LogP contribution in [0.1, 0.15) is 11.4 Å². The van der Waals surface area contributed by atoms with Crippen molar-refractivity contribution in [3.63, 3.8) is 0 Å². The van der Waals surface area contributed by atoms with Crippen LogP contribution in [0.15, 0.2) is 47.9 Å². The summed E-state index contributed by atoms with van der Waals surface area (Å²) in [6, 6.07) is 5.49. The fourth-order valence-corrected chi connectivity index (χ4v) is 5.47. The van der Waals surface area contributed by atoms with Crippen LogP contribution in [0.2, 0.25) is 0 Å². The Balaban J connectivity index is 1.35. The largest absolute Gasteiger partial charge is 0.353 e. The number of rotatable bonds is 4. The Morgan fingerprint density at radius 3 is 2.58 bits per heavy atom. The number of hydrogen-bond acceptors (Lipinski definition) is 7. The number of anilines is 1. The molecular weight excluding hydrogens is 416 g/mol. The minimum Gasteiger partial charge on any atom is -0.353 e. The van der Waals surface area contributed by atoms with Crippen LogP contribution in [0.5, 0.6) is 0 Å². The van der Waals surface area contributed by atoms with Gasteiger partial charge in [0.15, 0.2) is 5.82 Å². The number of aromatic amines is 1. The summed E-state index contributed by atoms with van der Waals surface area (Å²) < 4.78 is 29.7. The third-order valence-corrected chi connectivity index (χ3v) is 7.37. The molecule has 1 saturated heterocycles. The Bertz CT molecular complexity index is 1350. The van der Waals surface area contributed by atoms with Crippen LogP contribution in [-0.4, -0.2) is 68.6 Å². The van der Waals surface area contributed by atoms with E-state index >= 15 is 0 Å². The number of aryl methyl sites for hydroxylation is 2. The van der Waals surface area contributed by atoms with Gasteiger partial charge in [0.25, 0.3) is 0 Å². The van der Waals surface area contributed by atoms with Crippen molar-refractivity contribution in [2.45, 2.75) is 18.7 Å². The predicted octanol–water partition coefficient (Wildman–Crippen LogP) is 1.67. The maximum Gasteiger partial charge on any atom is 0.245 e. The molecule has 0 aromatic carbocycles. The fraction of sp³-hybridized carbons (Fsp3) is 0.300. The van der Waals surface area contributed by atoms with E-state index < -0.39 is 10.0 Å². The zero-order chi connectivity index (χ0) is 21.6. The van der Waals surface area contributed by atoms with Crippen LogP contribution in [0, 0.1) is 13.8 Å². The second-order valence-electron chi connectivity index (χ2n) is 7.52. The second kappa shape index (κ2) is 7.43. The van der Waals surface area contributed by atoms with Crippen LogP contribution in [0.3, 0.4) is 0 Å². The number of sulfonamides is 1. The van der Waals surface area contributed by atoms with Gasteiger partial charge in [-0.25, -0.2) is 23.1 Å². The molecule has 0 saturated carbocycles. The van der Waals surface area contributed by atoms with E-state index in [1.807, 2.05) is 24.8 Å². The molecule has 0 atom stereocenters. The summed E-state index contributed by atoms with van der Waals surface area (Å²) >= 11 is 0. The van der Waals surface area contributed by atoms with Crippen molar-refractivity contribution in [2.75, 3.05) is 31.1 Å². The van der Waals surface area contributed by atoms with Gasteiger partial charge in [-0.2, -0.15) is 9.40 Å². The Morgan fingerprint density at radius 1 is 1.06 bits per heavy atom. The molecule has 5 rings (SSSR count). The van der Waals surface area contributed by atoms with Gasteiger partial charge in [0.05, 0.1) is 18.1 Å². The zero-order valence-electron chi connectivity index (χ0n) is 17.2. The van der Waals surface area contributed by atoms with E-state index in [0.717, 1.165) is 11.4 Å². The molecule has 0 bridgehead atoms. The molecule has 160 valence electrons. The summed E-state index contributed by atoms with van der Waals surface area (Å²) in [7, 11) is -3.62. The van der Waals surface area contributed by atoms with Gasteiger partial charge < -0.3 is 9.88 Å². The van der Waals surface area contributed by atoms with Gasteiger partial charge in [0.1, 0.15) is 16.4 Å². The predicted molar refractivity (Wildman–Crippen MR) is 116 cm³/mol. The minimum absolute atomic E-state index is 0.260. The first kappa shape index (κ1) is 19.6. The van der Waals surface area contributed by atoms with Gasteiger partial charge in [-0.15, -0.1) is 0 Å². The Morgan fingerprint density at radius 2 is 1.84 bits per heavy atom. The number of piperazine rings is 1. The summed E-state index contributed by atoms with van der Waals surface area (Å²) in [6.07, 6.45) is 6.53. The van der Waals surface area contributed by atoms with Crippen molar-refractivity contribution in [1.82, 2.24) is 34.0 Å². The molecule has 11 heteroatoms. The van der Waals surface area contributed by atoms with E-state index in [0.29, 0.717) is 48.8 Å². The molecule has 0 spiro atoms. The molecule has 0 aliphatic carbocycles. The maximum absolute atomic E-state index is 13.2. The lowest BCUT2D eigenvalue weighted by atomic mass is 10.3. The summed E-state index contributed by atoms with van der Waals surface area (Å²) in [6.45, 7) is 5.68. The van der Waals surface area contributed by atoms with Crippen LogP contribution in [0.4, 0.5) is 5.82 Å². The Labute approximate surface area is 179 Å². The standard InChI is InChI=1S/C20H22N8O2S/c1-14-10-15(2)28(25-14)19-13-21-12-18(24-19)26-6-8-27(9-7-26)31(29,30)17-11-23-20-16(17)4-3-5-22-20/h3-5,10-13H,6-9H2,1-2H3,(H,22,23). The van der Waals surface area contributed by atoms with E-state index in [2.05, 4.69) is 20.1 Å². The number of nitrogens with one attached hydrogen (secondary N) is 1. The van der Waals surface area contributed by atoms with E-state index in [4.69, 9.17) is 4.98 Å². The zero-order valence-corrected chi connectivity index (χ0v) is 18.0. The SMILES string of the molecule is Cc1cc(C)n(-c2cncc(N3CCN(S(=O)(=O)c4c[nH]c5ncccc45)CC3)n2)n1. The number of nitrogens with zero attached hydrogens (tertiary/aromatic N) is 7. The minimum atomic E-state index is -3.62. The number of aromatic nitrogens is 6. The summed E-state index contributed by atoms with van der Waals surface area (Å²) in [5.41, 5.74) is 2.46. The highest BCUT2D eigenvalue weighted by atomic mass is 32.2. The lowest BCUT2D eigenvalue weighted by Gasteiger charge is -2.34. The van der Waals surface area contributed by atoms with E-state index in [1.54, 1.807) is 35.4 Å². The first-order valence-corrected chi connectivity index (χ1v) is 11.4. The van der Waals surface area contributed by atoms with Gasteiger partial charge in [-0.3, -0.25) is 4.98 Å². The maximum atomic E-state index is 13.2. The Hall–Kier alpha value is -3.31. The highest BCUT2D eigenvalue weighted by molar-refractivity contribution is 7.89. The van der Waals surface area contributed by atoms with Gasteiger partial charge in [0.2, 0.25) is 10.0 Å². The molecule has 1 aliphatic heterocycles. The number of hydrogen-bond donors (Lipinski definition) is 1. The smallest absolute Gasteiger partial charge is 0.245 e. The van der Waals surface area contributed by atoms with Crippen LogP contribution in [0.25, 0.3) is 16.9 Å². The summed E-state index contributed by atoms with van der Waals surface area (Å²) in [5, 5.41) is 5.07. The van der Waals surface area contributed by atoms with Crippen molar-refractivity contribution in [1.29, 1.82) is 0 Å². The number of H-pyrrole nitrogens is 1. The molecular formula is C20H22N8O2S. The quantitative estimate of drug-likeness (QED) is 0.516. The molecule has 4 aromatic rings. The highest BCUT2D eigenvalue weighted by Crippen LogP contribution is 2.26. The fourth-order valence-electron chi connectivity index (χ4n) is 3.90. The van der Waals surface area contributed by atoms with E-state index in [9.17, 15) is 8.42 Å². The molecule has 1 N–H and O–H groups in total. The number of pyridine rings is 1. The number of fused-ring (bicyclic) bond motifs is 1. The Kier molecular flexibility index (Phi) is 4.71. The van der Waals surface area contributed by atoms with Gasteiger partial charge in [0, 0.05) is 49.7 Å². The lowest BCUT2D eigenvalue weighted by molar-refractivity contribution is 0.384. The molecule has 5 heterocycles. The van der Waals surface area contributed by atoms with Crippen LogP contribution < -0.4 is 4.90 Å². The summed E-state index contributed by atoms with van der Waals surface area (Å²) in [5.74, 6) is 1.35. The van der Waals surface area contributed by atoms with Crippen molar-refractivity contribution in [3.8, 4) is 5.82 Å². The third kappa shape index (κ3) is 3.45. The molecule has 0 amide bonds. The van der Waals surface area contributed by atoms with Crippen molar-refractivity contribution >= 4 is 26.9 Å². The van der Waals surface area contributed by atoms with Gasteiger partial charge in [-0.1, -0.05) is 0 Å². The second-order valence-corrected chi connectivity index (χ2v) is 9.42. The first-order chi connectivity index (χ1) is 14.9. The lowest BCUT2D eigenvalue weighted by Crippen LogP contribution is -2.49. The molecule has 31 heavy (non-hydrogen) atoms. The normalized spacial score (nSPS) is 15.6. The first-order valence-electron chi connectivity index (χ1n) is 9.96. The van der Waals surface area contributed by atoms with Gasteiger partial charge >= 0.3 is 0 Å². The molecule has 1 fully saturated rings. The van der Waals surface area contributed by atoms with E-state index in [1.165, 1.54) is 10.5 Å². The molecule has 0 unspecified atom stereocenters. The topological polar surface area (TPSA) is 113 Å². The van der Waals surface area contributed by atoms with Crippen molar-refractivity contribution in [3.05, 3.63) is 54.4 Å². The van der Waals surface area contributed by atoms with E-state index in [-0.39, 0.29) is 4.90 Å². The average molecular weight is 439 g/mol. The molecule has 10 nitrogen and oxygen atoms in total. The molecule has 1 aliphatic rings. The van der Waals surface area contributed by atoms with Crippen LogP contribution in [-0.2, 0) is 10.0 Å². The molecule has 0 radical (unpaired) electrons. The van der Waals surface area contributed by atoms with Crippen molar-refractivity contribution < 1.29 is 8.42 Å². The highest BCUT2D eigenvalue weighted by Gasteiger charge is 2.31. The monoisotopic (exact) mass is 438 g/mol. The molecule has 4 aromatic heterocycles.